The second-order valence-electron chi connectivity index (χ2n) is 9.48. The first-order valence-corrected chi connectivity index (χ1v) is 11.2. The van der Waals surface area contributed by atoms with Crippen LogP contribution in [0.4, 0.5) is 0 Å². The molecule has 0 N–H and O–H groups in total. The third-order valence-corrected chi connectivity index (χ3v) is 5.62. The molecule has 0 saturated heterocycles. The minimum absolute atomic E-state index is 0.0953. The highest BCUT2D eigenvalue weighted by molar-refractivity contribution is 5.87. The number of amides is 1. The normalized spacial score (nSPS) is 16.5. The molecule has 1 amide bonds. The van der Waals surface area contributed by atoms with Crippen molar-refractivity contribution < 1.29 is 23.9 Å². The zero-order valence-electron chi connectivity index (χ0n) is 20.1. The standard InChI is InChI=1S/C24H41NO5/c1-15(2)12-17(5)23(20-10-9-11-20)29-14-22(27)25(8)21(13-16(3)4)24(28)30-19(7)18(6)26/h15-17,19,21H,9-14H2,1-8H3. The van der Waals surface area contributed by atoms with Crippen molar-refractivity contribution in [2.45, 2.75) is 92.7 Å². The van der Waals surface area contributed by atoms with E-state index in [0.29, 0.717) is 12.3 Å². The summed E-state index contributed by atoms with van der Waals surface area (Å²) in [4.78, 5) is 38.4. The van der Waals surface area contributed by atoms with E-state index in [1.165, 1.54) is 23.8 Å². The fourth-order valence-corrected chi connectivity index (χ4v) is 3.62. The largest absolute Gasteiger partial charge is 0.488 e. The summed E-state index contributed by atoms with van der Waals surface area (Å²) in [7, 11) is 1.60. The Morgan fingerprint density at radius 1 is 0.967 bits per heavy atom. The lowest BCUT2D eigenvalue weighted by molar-refractivity contribution is -0.162. The Labute approximate surface area is 182 Å². The zero-order valence-corrected chi connectivity index (χ0v) is 20.1. The summed E-state index contributed by atoms with van der Waals surface area (Å²) in [5.41, 5.74) is 1.31. The zero-order chi connectivity index (χ0) is 23.0. The van der Waals surface area contributed by atoms with Crippen LogP contribution in [0, 0.1) is 17.8 Å². The van der Waals surface area contributed by atoms with E-state index in [-0.39, 0.29) is 30.1 Å². The van der Waals surface area contributed by atoms with Crippen LogP contribution in [0.25, 0.3) is 0 Å². The molecule has 1 fully saturated rings. The van der Waals surface area contributed by atoms with Crippen LogP contribution in [0.1, 0.15) is 80.6 Å². The molecule has 1 aliphatic carbocycles. The number of likely N-dealkylation sites (N-methyl/N-ethyl adjacent to an activating group) is 1. The molecule has 3 atom stereocenters. The van der Waals surface area contributed by atoms with Crippen LogP contribution >= 0.6 is 0 Å². The van der Waals surface area contributed by atoms with E-state index >= 15 is 0 Å². The summed E-state index contributed by atoms with van der Waals surface area (Å²) in [6, 6.07) is -0.740. The van der Waals surface area contributed by atoms with Gasteiger partial charge in [-0.2, -0.15) is 0 Å². The Balaban J connectivity index is 2.84. The Morgan fingerprint density at radius 3 is 1.97 bits per heavy atom. The summed E-state index contributed by atoms with van der Waals surface area (Å²) < 4.78 is 11.3. The average Bonchev–Trinajstić information content (AvgIpc) is 2.59. The van der Waals surface area contributed by atoms with E-state index in [2.05, 4.69) is 20.8 Å². The highest BCUT2D eigenvalue weighted by Crippen LogP contribution is 2.34. The fraction of sp³-hybridized carbons (Fsp3) is 0.792. The average molecular weight is 424 g/mol. The number of ether oxygens (including phenoxy) is 2. The van der Waals surface area contributed by atoms with Gasteiger partial charge < -0.3 is 14.4 Å². The molecule has 1 aliphatic rings. The lowest BCUT2D eigenvalue weighted by atomic mass is 9.85. The first-order chi connectivity index (χ1) is 13.9. The van der Waals surface area contributed by atoms with E-state index in [0.717, 1.165) is 25.0 Å². The number of nitrogens with zero attached hydrogens (tertiary/aromatic N) is 1. The Kier molecular flexibility index (Phi) is 10.6. The van der Waals surface area contributed by atoms with Crippen LogP contribution in [0.5, 0.6) is 0 Å². The van der Waals surface area contributed by atoms with Crippen molar-refractivity contribution in [3.8, 4) is 0 Å². The number of esters is 1. The van der Waals surface area contributed by atoms with E-state index in [1.54, 1.807) is 14.0 Å². The lowest BCUT2D eigenvalue weighted by Crippen LogP contribution is -2.46. The molecule has 6 heteroatoms. The van der Waals surface area contributed by atoms with Crippen molar-refractivity contribution in [1.82, 2.24) is 4.90 Å². The molecule has 172 valence electrons. The van der Waals surface area contributed by atoms with Crippen molar-refractivity contribution in [1.29, 1.82) is 0 Å². The molecule has 0 aromatic rings. The van der Waals surface area contributed by atoms with Gasteiger partial charge in [0.25, 0.3) is 5.91 Å². The van der Waals surface area contributed by atoms with Gasteiger partial charge in [-0.05, 0) is 63.4 Å². The predicted octanol–water partition coefficient (Wildman–Crippen LogP) is 4.52. The lowest BCUT2D eigenvalue weighted by Gasteiger charge is -2.30. The number of hydrogen-bond donors (Lipinski definition) is 0. The van der Waals surface area contributed by atoms with Gasteiger partial charge >= 0.3 is 5.97 Å². The maximum absolute atomic E-state index is 12.9. The van der Waals surface area contributed by atoms with Gasteiger partial charge in [0.2, 0.25) is 0 Å². The molecule has 0 aromatic heterocycles. The van der Waals surface area contributed by atoms with Gasteiger partial charge in [0.05, 0.1) is 5.76 Å². The minimum atomic E-state index is -0.821. The second kappa shape index (κ2) is 12.1. The molecular weight excluding hydrogens is 382 g/mol. The van der Waals surface area contributed by atoms with Crippen molar-refractivity contribution in [3.63, 3.8) is 0 Å². The highest BCUT2D eigenvalue weighted by atomic mass is 16.5. The van der Waals surface area contributed by atoms with Crippen molar-refractivity contribution in [3.05, 3.63) is 11.3 Å². The maximum atomic E-state index is 12.9. The number of Topliss-reactive ketones (excluding diaryl/α,β-unsaturated/α-hetero) is 1. The van der Waals surface area contributed by atoms with Crippen LogP contribution in [0.2, 0.25) is 0 Å². The first-order valence-electron chi connectivity index (χ1n) is 11.2. The number of carbonyl (C=O) groups is 3. The van der Waals surface area contributed by atoms with Crippen LogP contribution in [0.3, 0.4) is 0 Å². The fourth-order valence-electron chi connectivity index (χ4n) is 3.62. The summed E-state index contributed by atoms with van der Waals surface area (Å²) in [6.45, 7) is 13.3. The predicted molar refractivity (Wildman–Crippen MR) is 118 cm³/mol. The molecule has 6 nitrogen and oxygen atoms in total. The van der Waals surface area contributed by atoms with Gasteiger partial charge in [-0.3, -0.25) is 9.59 Å². The van der Waals surface area contributed by atoms with Gasteiger partial charge in [0, 0.05) is 13.0 Å². The Hall–Kier alpha value is -1.85. The Bertz CT molecular complexity index is 632. The smallest absolute Gasteiger partial charge is 0.329 e. The van der Waals surface area contributed by atoms with Gasteiger partial charge in [0.1, 0.15) is 6.04 Å². The molecule has 1 saturated carbocycles. The molecule has 0 aliphatic heterocycles. The summed E-state index contributed by atoms with van der Waals surface area (Å²) in [6.07, 6.45) is 3.89. The van der Waals surface area contributed by atoms with Crippen molar-refractivity contribution in [2.24, 2.45) is 17.8 Å². The van der Waals surface area contributed by atoms with Gasteiger partial charge in [-0.15, -0.1) is 0 Å². The van der Waals surface area contributed by atoms with Gasteiger partial charge in [-0.25, -0.2) is 4.79 Å². The molecule has 0 spiro atoms. The number of allylic oxidation sites excluding steroid dienone is 2. The number of carbonyl (C=O) groups excluding carboxylic acids is 3. The molecule has 3 unspecified atom stereocenters. The van der Waals surface area contributed by atoms with Crippen LogP contribution in [0.15, 0.2) is 11.3 Å². The number of rotatable bonds is 12. The van der Waals surface area contributed by atoms with Crippen LogP contribution < -0.4 is 0 Å². The number of ketones is 1. The molecule has 1 rings (SSSR count). The molecule has 30 heavy (non-hydrogen) atoms. The monoisotopic (exact) mass is 423 g/mol. The first kappa shape index (κ1) is 26.2. The summed E-state index contributed by atoms with van der Waals surface area (Å²) in [5.74, 6) is 0.919. The molecule has 0 radical (unpaired) electrons. The quantitative estimate of drug-likeness (QED) is 0.341. The summed E-state index contributed by atoms with van der Waals surface area (Å²) >= 11 is 0. The van der Waals surface area contributed by atoms with E-state index < -0.39 is 18.1 Å². The van der Waals surface area contributed by atoms with E-state index in [4.69, 9.17) is 9.47 Å². The van der Waals surface area contributed by atoms with Gasteiger partial charge in [-0.1, -0.05) is 34.6 Å². The summed E-state index contributed by atoms with van der Waals surface area (Å²) in [5, 5.41) is 0. The SMILES string of the molecule is CC(=O)C(C)OC(=O)C(CC(C)C)N(C)C(=O)COC(=C1CCC1)C(C)CC(C)C. The molecule has 0 bridgehead atoms. The maximum Gasteiger partial charge on any atom is 0.329 e. The van der Waals surface area contributed by atoms with E-state index in [9.17, 15) is 14.4 Å². The second-order valence-corrected chi connectivity index (χ2v) is 9.48. The molecule has 0 aromatic carbocycles. The topological polar surface area (TPSA) is 72.9 Å². The van der Waals surface area contributed by atoms with Crippen molar-refractivity contribution >= 4 is 17.7 Å². The van der Waals surface area contributed by atoms with Crippen molar-refractivity contribution in [2.75, 3.05) is 13.7 Å². The molecule has 0 heterocycles. The van der Waals surface area contributed by atoms with E-state index in [1.807, 2.05) is 13.8 Å². The third-order valence-electron chi connectivity index (χ3n) is 5.62. The minimum Gasteiger partial charge on any atom is -0.488 e. The molecular formula is C24H41NO5. The highest BCUT2D eigenvalue weighted by Gasteiger charge is 2.31. The third kappa shape index (κ3) is 8.11. The van der Waals surface area contributed by atoms with Crippen LogP contribution in [-0.2, 0) is 23.9 Å². The van der Waals surface area contributed by atoms with Gasteiger partial charge in [0.15, 0.2) is 18.5 Å². The van der Waals surface area contributed by atoms with Crippen LogP contribution in [-0.4, -0.2) is 48.4 Å². The number of hydrogen-bond acceptors (Lipinski definition) is 5. The Morgan fingerprint density at radius 2 is 1.53 bits per heavy atom.